The van der Waals surface area contributed by atoms with Crippen LogP contribution < -0.4 is 0 Å². The first kappa shape index (κ1) is 103. The summed E-state index contributed by atoms with van der Waals surface area (Å²) in [7, 11) is 1.26. The number of esters is 4. The molecule has 0 amide bonds. The van der Waals surface area contributed by atoms with E-state index >= 15 is 0 Å². The van der Waals surface area contributed by atoms with Crippen molar-refractivity contribution in [2.45, 2.75) is 264 Å². The number of carbonyl (C=O) groups excluding carboxylic acids is 4. The van der Waals surface area contributed by atoms with Gasteiger partial charge in [-0.2, -0.15) is 20.4 Å². The van der Waals surface area contributed by atoms with Gasteiger partial charge in [-0.05, 0) is 106 Å². The Morgan fingerprint density at radius 1 is 0.474 bits per heavy atom. The molecule has 0 aliphatic heterocycles. The second-order valence-corrected chi connectivity index (χ2v) is 62.3. The zero-order valence-electron chi connectivity index (χ0n) is 80.3. The number of nitrogens with one attached hydrogen (secondary N) is 1. The predicted molar refractivity (Wildman–Crippen MR) is 531 cm³/mol. The molecule has 1 unspecified atom stereocenters. The fourth-order valence-electron chi connectivity index (χ4n) is 17.2. The van der Waals surface area contributed by atoms with Gasteiger partial charge < -0.3 is 51.6 Å². The van der Waals surface area contributed by atoms with Gasteiger partial charge in [-0.3, -0.25) is 24.1 Å². The van der Waals surface area contributed by atoms with Crippen LogP contribution in [0.5, 0.6) is 0 Å². The minimum atomic E-state index is -1.12. The quantitative estimate of drug-likeness (QED) is 0.00733. The highest BCUT2D eigenvalue weighted by Gasteiger charge is 2.34. The Labute approximate surface area is 787 Å². The third-order valence-corrected chi connectivity index (χ3v) is 31.8. The molecular weight excluding hydrogens is 1750 g/mol. The van der Waals surface area contributed by atoms with Gasteiger partial charge in [0.1, 0.15) is 62.4 Å². The Kier molecular flexibility index (Phi) is 38.0. The first-order valence-corrected chi connectivity index (χ1v) is 61.7. The number of hydrogen-bond donors (Lipinski definition) is 1. The number of methoxy groups -OCH3 is 4. The van der Waals surface area contributed by atoms with Crippen LogP contribution in [0.25, 0.3) is 89.9 Å². The predicted octanol–water partition coefficient (Wildman–Crippen LogP) is 19.9. The van der Waals surface area contributed by atoms with E-state index in [4.69, 9.17) is 33.2 Å². The van der Waals surface area contributed by atoms with Gasteiger partial charge in [0.05, 0.1) is 119 Å². The highest BCUT2D eigenvalue weighted by Crippen LogP contribution is 2.42. The molecule has 0 saturated heterocycles. The van der Waals surface area contributed by atoms with Gasteiger partial charge in [-0.15, -0.1) is 0 Å². The average Bonchev–Trinajstić information content (AvgIpc) is 1.66. The number of aromatic amines is 1. The molecule has 11 aromatic rings. The highest BCUT2D eigenvalue weighted by atomic mass is 28.3. The number of hydrogen-bond acceptors (Lipinski definition) is 24. The zero-order chi connectivity index (χ0) is 94.0. The lowest BCUT2D eigenvalue weighted by molar-refractivity contribution is -0.143. The van der Waals surface area contributed by atoms with Gasteiger partial charge in [0.25, 0.3) is 0 Å². The van der Waals surface area contributed by atoms with Crippen molar-refractivity contribution in [2.75, 3.05) is 61.5 Å². The lowest BCUT2D eigenvalue weighted by atomic mass is 9.95. The van der Waals surface area contributed by atoms with E-state index < -0.39 is 38.3 Å². The van der Waals surface area contributed by atoms with Crippen molar-refractivity contribution in [2.24, 2.45) is 23.7 Å². The van der Waals surface area contributed by atoms with Crippen molar-refractivity contribution in [1.82, 2.24) is 93.1 Å². The molecule has 716 valence electrons. The first-order chi connectivity index (χ1) is 63.4. The SMILES string of the molecule is C.COC(=O)/C=C(\C1CCCC1)n1cc(-c2ncnc3c2ccn3COCC[Si](C)(C)C)cn1.COC(=O)C#CC1CCCC1.COC(=O)C[C@@H](C1CCCC1)n1cc(-c2ncnc3c2ccn3COCC[Si](C)(C)C)cn1.COC(=O)C[C@H](C1CCCC1)n1cc(-c2ncnc3c2ccn3COCC[Si](C)(C)C)cn1.C[Si](C)(C)CCOCC1C=Cc2c(-c3cn[nH]c3)ncnc21. The minimum Gasteiger partial charge on any atom is -0.469 e. The van der Waals surface area contributed by atoms with E-state index in [1.54, 1.807) is 48.5 Å². The molecule has 31 nitrogen and oxygen atoms in total. The van der Waals surface area contributed by atoms with Crippen molar-refractivity contribution < 1.29 is 57.1 Å². The largest absolute Gasteiger partial charge is 0.469 e. The third-order valence-electron chi connectivity index (χ3n) is 25.0. The van der Waals surface area contributed by atoms with E-state index in [0.717, 1.165) is 204 Å². The molecule has 1 N–H and O–H groups in total. The van der Waals surface area contributed by atoms with Crippen molar-refractivity contribution in [3.8, 4) is 56.9 Å². The monoisotopic (exact) mass is 1890 g/mol. The summed E-state index contributed by atoms with van der Waals surface area (Å²) in [5.41, 5.74) is 12.7. The van der Waals surface area contributed by atoms with Gasteiger partial charge in [0, 0.05) is 176 Å². The van der Waals surface area contributed by atoms with Crippen molar-refractivity contribution in [3.63, 3.8) is 0 Å². The first-order valence-electron chi connectivity index (χ1n) is 46.8. The zero-order valence-corrected chi connectivity index (χ0v) is 84.3. The van der Waals surface area contributed by atoms with Crippen LogP contribution in [-0.2, 0) is 77.3 Å². The Bertz CT molecular complexity index is 5500. The van der Waals surface area contributed by atoms with Crippen LogP contribution in [0.4, 0.5) is 0 Å². The molecule has 3 atom stereocenters. The number of rotatable bonds is 35. The van der Waals surface area contributed by atoms with Crippen molar-refractivity contribution in [3.05, 3.63) is 135 Å². The Morgan fingerprint density at radius 3 is 1.31 bits per heavy atom. The van der Waals surface area contributed by atoms with Gasteiger partial charge in [-0.1, -0.05) is 155 Å². The molecule has 11 heterocycles. The van der Waals surface area contributed by atoms with Gasteiger partial charge in [0.15, 0.2) is 0 Å². The lowest BCUT2D eigenvalue weighted by Crippen LogP contribution is -2.22. The number of carbonyl (C=O) groups is 4. The summed E-state index contributed by atoms with van der Waals surface area (Å²) in [5, 5.41) is 23.6. The summed E-state index contributed by atoms with van der Waals surface area (Å²) in [4.78, 5) is 82.7. The maximum Gasteiger partial charge on any atom is 0.384 e. The van der Waals surface area contributed by atoms with Crippen LogP contribution in [0.15, 0.2) is 124 Å². The van der Waals surface area contributed by atoms with E-state index in [-0.39, 0.29) is 43.3 Å². The van der Waals surface area contributed by atoms with E-state index in [9.17, 15) is 19.2 Å². The van der Waals surface area contributed by atoms with Crippen molar-refractivity contribution >= 4 is 101 Å². The highest BCUT2D eigenvalue weighted by molar-refractivity contribution is 6.77. The maximum absolute atomic E-state index is 12.1. The van der Waals surface area contributed by atoms with Crippen LogP contribution in [-0.4, -0.2) is 211 Å². The number of H-pyrrole nitrogens is 1. The second kappa shape index (κ2) is 49.1. The molecule has 0 aromatic carbocycles. The Morgan fingerprint density at radius 2 is 0.887 bits per heavy atom. The number of nitrogens with zero attached hydrogens (tertiary/aromatic N) is 18. The van der Waals surface area contributed by atoms with Crippen LogP contribution >= 0.6 is 0 Å². The summed E-state index contributed by atoms with van der Waals surface area (Å²) in [6.07, 6.45) is 52.5. The summed E-state index contributed by atoms with van der Waals surface area (Å²) >= 11 is 0. The number of allylic oxidation sites excluding steroid dienone is 1. The molecule has 5 aliphatic carbocycles. The summed E-state index contributed by atoms with van der Waals surface area (Å²) < 4.78 is 54.6. The summed E-state index contributed by atoms with van der Waals surface area (Å²) in [6.45, 7) is 33.5. The van der Waals surface area contributed by atoms with E-state index in [0.29, 0.717) is 63.3 Å². The third kappa shape index (κ3) is 30.0. The average molecular weight is 1890 g/mol. The maximum atomic E-state index is 12.1. The van der Waals surface area contributed by atoms with Crippen LogP contribution in [0.1, 0.15) is 152 Å². The standard InChI is InChI=1S/2C24H35N5O3Si.C24H33N5O3Si.C16H22N4OSi.C9H12O2.CH4/c3*1-31-22(30)13-21(18-7-5-6-8-18)29-15-19(14-27-29)23-20-9-10-28(24(20)26-16-25-23)17-32-11-12-33(2,3)4;1-22(2,3)7-6-21-10-12-4-5-14-15(12)17-11-18-16(14)13-8-19-20-9-13;1-11-9(10)7-6-8-4-2-3-5-8;/h2*9-10,14-16,18,21H,5-8,11-13,17H2,1-4H3;9-10,13-16,18H,5-8,11-12,17H2,1-4H3;4-5,8-9,11-12H,6-7,10H2,1-3H3,(H,19,20);8H,2-5H2,1H3;1H4/b;;21-13+;;;/t2*21-;;;;/m10..../s1. The fourth-order valence-corrected chi connectivity index (χ4v) is 20.2. The summed E-state index contributed by atoms with van der Waals surface area (Å²) in [6, 6.07) is 10.7. The fraction of sp³-hybridized carbons (Fsp3) is 0.551. The lowest BCUT2D eigenvalue weighted by Gasteiger charge is -2.22. The van der Waals surface area contributed by atoms with Crippen molar-refractivity contribution in [1.29, 1.82) is 0 Å². The topological polar surface area (TPSA) is 342 Å². The molecule has 5 aliphatic rings. The smallest absolute Gasteiger partial charge is 0.384 e. The Hall–Kier alpha value is -10.6. The number of fused-ring (bicyclic) bond motifs is 4. The molecule has 4 fully saturated rings. The summed E-state index contributed by atoms with van der Waals surface area (Å²) in [5.74, 6) is 6.06. The molecule has 0 spiro atoms. The van der Waals surface area contributed by atoms with Gasteiger partial charge >= 0.3 is 23.9 Å². The van der Waals surface area contributed by atoms with Crippen LogP contribution in [0.3, 0.4) is 0 Å². The Balaban J connectivity index is 0.000000165. The van der Waals surface area contributed by atoms with E-state index in [1.165, 1.54) is 73.0 Å². The molecule has 35 heteroatoms. The second-order valence-electron chi connectivity index (χ2n) is 39.8. The molecular formula is C98H141N19O12Si4. The molecule has 4 saturated carbocycles. The molecule has 0 radical (unpaired) electrons. The van der Waals surface area contributed by atoms with Gasteiger partial charge in [0.2, 0.25) is 0 Å². The molecule has 133 heavy (non-hydrogen) atoms. The van der Waals surface area contributed by atoms with E-state index in [1.807, 2.05) is 97.0 Å². The van der Waals surface area contributed by atoms with Crippen LogP contribution in [0.2, 0.25) is 103 Å². The number of ether oxygens (including phenoxy) is 8. The molecule has 0 bridgehead atoms. The molecule has 11 aromatic heterocycles. The minimum absolute atomic E-state index is 0. The van der Waals surface area contributed by atoms with E-state index in [2.05, 4.69) is 173 Å². The van der Waals surface area contributed by atoms with Crippen LogP contribution in [0, 0.1) is 35.5 Å². The molecule has 16 rings (SSSR count). The number of aromatic nitrogens is 19. The van der Waals surface area contributed by atoms with Gasteiger partial charge in [-0.25, -0.2) is 54.1 Å². The normalized spacial score (nSPS) is 15.9.